The lowest BCUT2D eigenvalue weighted by atomic mass is 9.52. The van der Waals surface area contributed by atoms with E-state index in [-0.39, 0.29) is 11.7 Å². The van der Waals surface area contributed by atoms with Crippen LogP contribution in [0.1, 0.15) is 86.3 Å². The summed E-state index contributed by atoms with van der Waals surface area (Å²) in [6.45, 7) is 11.9. The molecule has 4 nitrogen and oxygen atoms in total. The fourth-order valence-electron chi connectivity index (χ4n) is 5.27. The Bertz CT molecular complexity index is 696. The van der Waals surface area contributed by atoms with Crippen molar-refractivity contribution in [3.8, 4) is 0 Å². The van der Waals surface area contributed by atoms with Crippen LogP contribution in [0.4, 0.5) is 0 Å². The third-order valence-corrected chi connectivity index (χ3v) is 6.39. The van der Waals surface area contributed by atoms with Crippen molar-refractivity contribution in [1.29, 1.82) is 0 Å². The molecule has 0 radical (unpaired) electrons. The molecule has 0 spiro atoms. The third-order valence-electron chi connectivity index (χ3n) is 6.39. The SMILES string of the molecule is Cc1cc(C)c(C(=O)C2(C(C)(CC(C)C)C(=O)O)CCCCC2)c(C)c1.O=[PH2+]. The molecule has 0 bridgehead atoms. The molecule has 1 aromatic carbocycles. The van der Waals surface area contributed by atoms with E-state index < -0.39 is 16.8 Å². The number of ketones is 1. The molecule has 1 aromatic rings. The predicted octanol–water partition coefficient (Wildman–Crippen LogP) is 6.09. The van der Waals surface area contributed by atoms with Crippen molar-refractivity contribution in [3.05, 3.63) is 34.4 Å². The number of aliphatic carboxylic acids is 1. The first-order valence-corrected chi connectivity index (χ1v) is 10.6. The first-order chi connectivity index (χ1) is 13.0. The van der Waals surface area contributed by atoms with Crippen LogP contribution in [0.25, 0.3) is 0 Å². The Hall–Kier alpha value is -1.54. The molecule has 2 atom stereocenters. The molecule has 1 aliphatic carbocycles. The fraction of sp³-hybridized carbons (Fsp3) is 0.652. The fourth-order valence-corrected chi connectivity index (χ4v) is 5.27. The van der Waals surface area contributed by atoms with Crippen molar-refractivity contribution in [3.63, 3.8) is 0 Å². The van der Waals surface area contributed by atoms with Crippen molar-refractivity contribution in [2.45, 2.75) is 80.1 Å². The first kappa shape index (κ1) is 24.5. The minimum Gasteiger partial charge on any atom is -0.481 e. The smallest absolute Gasteiger partial charge is 0.310 e. The molecule has 0 heterocycles. The summed E-state index contributed by atoms with van der Waals surface area (Å²) >= 11 is 0. The van der Waals surface area contributed by atoms with E-state index in [1.807, 2.05) is 53.7 Å². The van der Waals surface area contributed by atoms with Gasteiger partial charge in [-0.15, -0.1) is 0 Å². The Morgan fingerprint density at radius 1 is 1.07 bits per heavy atom. The monoisotopic (exact) mass is 407 g/mol. The molecule has 2 unspecified atom stereocenters. The van der Waals surface area contributed by atoms with Gasteiger partial charge in [0.2, 0.25) is 0 Å². The van der Waals surface area contributed by atoms with Gasteiger partial charge in [0.15, 0.2) is 5.78 Å². The van der Waals surface area contributed by atoms with E-state index in [0.29, 0.717) is 19.3 Å². The Labute approximate surface area is 171 Å². The number of aryl methyl sites for hydroxylation is 3. The number of rotatable bonds is 6. The number of carboxylic acid groups (broad SMARTS) is 1. The summed E-state index contributed by atoms with van der Waals surface area (Å²) in [6, 6.07) is 4.08. The van der Waals surface area contributed by atoms with Gasteiger partial charge in [0.25, 0.3) is 0 Å². The summed E-state index contributed by atoms with van der Waals surface area (Å²) in [7, 11) is 1.17. The molecule has 28 heavy (non-hydrogen) atoms. The van der Waals surface area contributed by atoms with Gasteiger partial charge in [-0.1, -0.05) is 55.4 Å². The van der Waals surface area contributed by atoms with Crippen LogP contribution in [0.3, 0.4) is 0 Å². The Morgan fingerprint density at radius 2 is 1.54 bits per heavy atom. The van der Waals surface area contributed by atoms with Crippen molar-refractivity contribution < 1.29 is 19.3 Å². The highest BCUT2D eigenvalue weighted by Gasteiger charge is 2.58. The minimum absolute atomic E-state index is 0.0535. The Balaban J connectivity index is 0.00000190. The first-order valence-electron chi connectivity index (χ1n) is 10.1. The van der Waals surface area contributed by atoms with Gasteiger partial charge in [0.05, 0.1) is 5.41 Å². The standard InChI is InChI=1S/C23H34O3.H2OP/c1-15(2)14-22(6,21(25)26)23(10-8-7-9-11-23)20(24)19-17(4)12-16(3)13-18(19)5;1-2/h12-13,15H,7-11,14H2,1-6H3,(H,25,26);2H2/q;+1. The summed E-state index contributed by atoms with van der Waals surface area (Å²) < 4.78 is 8.17. The number of carbonyl (C=O) groups excluding carboxylic acids is 1. The van der Waals surface area contributed by atoms with Crippen LogP contribution in [0.5, 0.6) is 0 Å². The zero-order chi connectivity index (χ0) is 21.7. The maximum atomic E-state index is 13.9. The van der Waals surface area contributed by atoms with Crippen LogP contribution >= 0.6 is 9.12 Å². The molecule has 156 valence electrons. The Kier molecular flexibility index (Phi) is 8.56. The van der Waals surface area contributed by atoms with Crippen molar-refractivity contribution in [2.24, 2.45) is 16.7 Å². The summed E-state index contributed by atoms with van der Waals surface area (Å²) in [5, 5.41) is 10.2. The third kappa shape index (κ3) is 4.54. The predicted molar refractivity (Wildman–Crippen MR) is 116 cm³/mol. The average Bonchev–Trinajstić information content (AvgIpc) is 2.62. The molecule has 1 aliphatic rings. The van der Waals surface area contributed by atoms with Crippen LogP contribution in [-0.2, 0) is 9.36 Å². The number of Topliss-reactive ketones (excluding diaryl/α,β-unsaturated/α-hetero) is 1. The maximum Gasteiger partial charge on any atom is 0.310 e. The van der Waals surface area contributed by atoms with Gasteiger partial charge in [-0.3, -0.25) is 9.59 Å². The highest BCUT2D eigenvalue weighted by molar-refractivity contribution is 7.00. The summed E-state index contributed by atoms with van der Waals surface area (Å²) in [4.78, 5) is 26.4. The van der Waals surface area contributed by atoms with E-state index in [9.17, 15) is 14.7 Å². The molecule has 0 aromatic heterocycles. The lowest BCUT2D eigenvalue weighted by Crippen LogP contribution is -2.53. The van der Waals surface area contributed by atoms with E-state index in [4.69, 9.17) is 4.57 Å². The Morgan fingerprint density at radius 3 is 1.93 bits per heavy atom. The van der Waals surface area contributed by atoms with Gasteiger partial charge >= 0.3 is 15.1 Å². The van der Waals surface area contributed by atoms with E-state index >= 15 is 0 Å². The largest absolute Gasteiger partial charge is 0.481 e. The summed E-state index contributed by atoms with van der Waals surface area (Å²) in [6.07, 6.45) is 4.81. The molecule has 1 N–H and O–H groups in total. The summed E-state index contributed by atoms with van der Waals surface area (Å²) in [5.41, 5.74) is 1.96. The minimum atomic E-state index is -1.04. The van der Waals surface area contributed by atoms with Gasteiger partial charge < -0.3 is 5.11 Å². The second-order valence-corrected chi connectivity index (χ2v) is 8.98. The maximum absolute atomic E-state index is 13.9. The number of carbonyl (C=O) groups is 2. The van der Waals surface area contributed by atoms with Crippen molar-refractivity contribution in [1.82, 2.24) is 0 Å². The van der Waals surface area contributed by atoms with Crippen molar-refractivity contribution in [2.75, 3.05) is 0 Å². The van der Waals surface area contributed by atoms with Gasteiger partial charge in [-0.25, -0.2) is 0 Å². The van der Waals surface area contributed by atoms with Gasteiger partial charge in [0, 0.05) is 11.0 Å². The topological polar surface area (TPSA) is 71.4 Å². The number of benzene rings is 1. The molecule has 0 saturated heterocycles. The molecular weight excluding hydrogens is 371 g/mol. The highest BCUT2D eigenvalue weighted by atomic mass is 31.0. The normalized spacial score (nSPS) is 18.0. The zero-order valence-corrected chi connectivity index (χ0v) is 19.4. The van der Waals surface area contributed by atoms with E-state index in [1.165, 1.54) is 9.12 Å². The molecule has 1 saturated carbocycles. The number of hydrogen-bond acceptors (Lipinski definition) is 3. The average molecular weight is 408 g/mol. The lowest BCUT2D eigenvalue weighted by Gasteiger charge is -2.48. The molecule has 5 heteroatoms. The van der Waals surface area contributed by atoms with Crippen LogP contribution in [0, 0.1) is 37.5 Å². The van der Waals surface area contributed by atoms with Crippen LogP contribution in [0.15, 0.2) is 12.1 Å². The second-order valence-electron chi connectivity index (χ2n) is 8.98. The molecule has 0 aliphatic heterocycles. The van der Waals surface area contributed by atoms with Crippen LogP contribution < -0.4 is 0 Å². The van der Waals surface area contributed by atoms with Crippen LogP contribution in [0.2, 0.25) is 0 Å². The van der Waals surface area contributed by atoms with Gasteiger partial charge in [0.1, 0.15) is 0 Å². The van der Waals surface area contributed by atoms with E-state index in [0.717, 1.165) is 41.5 Å². The van der Waals surface area contributed by atoms with E-state index in [1.54, 1.807) is 0 Å². The number of carboxylic acids is 1. The van der Waals surface area contributed by atoms with E-state index in [2.05, 4.69) is 0 Å². The van der Waals surface area contributed by atoms with Gasteiger partial charge in [-0.2, -0.15) is 0 Å². The molecule has 1 fully saturated rings. The lowest BCUT2D eigenvalue weighted by molar-refractivity contribution is -0.158. The molecule has 0 amide bonds. The zero-order valence-electron chi connectivity index (χ0n) is 18.2. The number of hydrogen-bond donors (Lipinski definition) is 1. The quantitative estimate of drug-likeness (QED) is 0.457. The van der Waals surface area contributed by atoms with Crippen LogP contribution in [-0.4, -0.2) is 16.9 Å². The summed E-state index contributed by atoms with van der Waals surface area (Å²) in [5.74, 6) is -0.551. The molecule has 2 rings (SSSR count). The van der Waals surface area contributed by atoms with Crippen molar-refractivity contribution >= 4 is 20.9 Å². The molecular formula is C23H36O4P+. The second kappa shape index (κ2) is 9.78. The van der Waals surface area contributed by atoms with Gasteiger partial charge in [-0.05, 0) is 64.0 Å². The highest BCUT2D eigenvalue weighted by Crippen LogP contribution is 2.55.